The molecule has 5 aliphatic rings. The van der Waals surface area contributed by atoms with E-state index in [-0.39, 0.29) is 97.5 Å². The molecule has 4 saturated heterocycles. The second-order valence-electron chi connectivity index (χ2n) is 16.5. The van der Waals surface area contributed by atoms with Crippen LogP contribution in [0.3, 0.4) is 0 Å². The number of piperazine rings is 1. The van der Waals surface area contributed by atoms with Gasteiger partial charge in [0, 0.05) is 13.0 Å². The molecule has 4 aromatic rings. The van der Waals surface area contributed by atoms with Gasteiger partial charge < -0.3 is 4.74 Å². The van der Waals surface area contributed by atoms with Gasteiger partial charge in [-0.15, -0.1) is 0 Å². The van der Waals surface area contributed by atoms with Crippen LogP contribution in [-0.2, 0) is 9.47 Å². The second kappa shape index (κ2) is 14.6. The Bertz CT molecular complexity index is 2350. The second-order valence-corrected chi connectivity index (χ2v) is 17.6. The van der Waals surface area contributed by atoms with Crippen molar-refractivity contribution in [2.45, 2.75) is 88.3 Å². The molecule has 0 saturated carbocycles. The first-order chi connectivity index (χ1) is 27.4. The van der Waals surface area contributed by atoms with E-state index in [0.717, 1.165) is 25.8 Å². The van der Waals surface area contributed by atoms with Gasteiger partial charge in [-0.3, -0.25) is 9.80 Å². The molecule has 0 N–H and O–H groups in total. The summed E-state index contributed by atoms with van der Waals surface area (Å²) in [7, 11) is 1.49. The maximum atomic E-state index is 17.6. The maximum absolute atomic E-state index is 17.6. The average molecular weight is 976 g/mol. The minimum absolute atomic E-state index is 0.0674. The number of fused-ring (bicyclic) bond motifs is 7. The van der Waals surface area contributed by atoms with Crippen molar-refractivity contribution in [1.29, 1.82) is 0 Å². The molecule has 16 heteroatoms. The van der Waals surface area contributed by atoms with Crippen molar-refractivity contribution in [1.82, 2.24) is 24.8 Å². The Kier molecular flexibility index (Phi) is 9.83. The summed E-state index contributed by atoms with van der Waals surface area (Å²) < 4.78 is 80.7. The minimum atomic E-state index is -0.965. The first-order valence-corrected chi connectivity index (χ1v) is 21.6. The molecular formula is C41H42F3N6O6Tl. The van der Waals surface area contributed by atoms with Crippen LogP contribution < -0.4 is 19.1 Å². The monoisotopic (exact) mass is 976 g/mol. The van der Waals surface area contributed by atoms with E-state index in [9.17, 15) is 9.18 Å². The molecule has 2 aromatic carbocycles. The molecule has 5 aliphatic heterocycles. The van der Waals surface area contributed by atoms with E-state index in [1.165, 1.54) is 13.2 Å². The fraction of sp³-hybridized carbons (Fsp3) is 0.512. The number of carbonyl (C=O) groups excluding carboxylic acids is 1. The van der Waals surface area contributed by atoms with E-state index in [1.54, 1.807) is 18.2 Å². The van der Waals surface area contributed by atoms with Crippen molar-refractivity contribution in [2.75, 3.05) is 51.7 Å². The molecule has 12 nitrogen and oxygen atoms in total. The molecule has 2 aromatic heterocycles. The fourth-order valence-electron chi connectivity index (χ4n) is 9.56. The number of nitrogens with zero attached hydrogens (tertiary/aromatic N) is 6. The third kappa shape index (κ3) is 6.68. The standard InChI is InChI=1S/C41H42F3N6O6.Tl/c1-6-26-28(43)10-8-22-14-25(55-21-52-5)15-27(31(22)26)34-33(44)35-32-36(47-38(46-35)54-20-41-12-7-13-48(41)17-23(42)16-41)49-18-24-9-11-29(30(49)19-53-37(32)45-34)50(24)39(51)56-40(2,3)4;/h8,10,14-15,23-24,29-30H,7,9,11-13,16-21H2,2-5H3;/t23-,24-,29+,30-,41+;/m0./s1. The van der Waals surface area contributed by atoms with Gasteiger partial charge in [0.05, 0.1) is 11.6 Å². The summed E-state index contributed by atoms with van der Waals surface area (Å²) in [5.74, 6) is 2.38. The topological polar surface area (TPSA) is 112 Å². The van der Waals surface area contributed by atoms with Crippen molar-refractivity contribution in [3.05, 3.63) is 41.5 Å². The summed E-state index contributed by atoms with van der Waals surface area (Å²) in [5, 5.41) is 1.17. The molecule has 1 amide bonds. The van der Waals surface area contributed by atoms with E-state index in [4.69, 9.17) is 38.6 Å². The summed E-state index contributed by atoms with van der Waals surface area (Å²) in [4.78, 5) is 34.1. The van der Waals surface area contributed by atoms with Crippen LogP contribution in [0.2, 0.25) is 0 Å². The zero-order chi connectivity index (χ0) is 39.8. The van der Waals surface area contributed by atoms with Gasteiger partial charge in [0.2, 0.25) is 0 Å². The predicted octanol–water partition coefficient (Wildman–Crippen LogP) is 5.89. The number of rotatable bonds is 7. The molecule has 0 radical (unpaired) electrons. The Balaban J connectivity index is 1.22. The molecule has 0 spiro atoms. The summed E-state index contributed by atoms with van der Waals surface area (Å²) in [5.41, 5.74) is -1.11. The predicted molar refractivity (Wildman–Crippen MR) is 205 cm³/mol. The number of hydrogen-bond donors (Lipinski definition) is 0. The zero-order valence-corrected chi connectivity index (χ0v) is 36.7. The first-order valence-electron chi connectivity index (χ1n) is 19.3. The molecular weight excluding hydrogens is 934 g/mol. The normalized spacial score (nSPS) is 25.1. The quantitative estimate of drug-likeness (QED) is 0.126. The number of methoxy groups -OCH3 is 1. The van der Waals surface area contributed by atoms with Gasteiger partial charge >= 0.3 is 232 Å². The SMILES string of the molecule is COCOc1cc(-c2nc3c4c(nc(OC[C@]56CCCN5C[C@@H](F)C6)nc4c2F)N2C[C@@H]4CC[C@H]([C@@H]2CO3)N4C(=O)OC(C)(C)C)c2c(C#[C][Tl])c(F)ccc2c1. The van der Waals surface area contributed by atoms with Crippen LogP contribution in [-0.4, -0.2) is 139 Å². The van der Waals surface area contributed by atoms with E-state index in [1.807, 2.05) is 25.7 Å². The van der Waals surface area contributed by atoms with Crippen LogP contribution in [0.25, 0.3) is 32.9 Å². The van der Waals surface area contributed by atoms with Crippen molar-refractivity contribution in [2.24, 2.45) is 0 Å². The molecule has 2 bridgehead atoms. The van der Waals surface area contributed by atoms with Gasteiger partial charge in [-0.1, -0.05) is 0 Å². The number of anilines is 1. The Morgan fingerprint density at radius 3 is 2.72 bits per heavy atom. The molecule has 57 heavy (non-hydrogen) atoms. The number of hydrogen-bond acceptors (Lipinski definition) is 11. The van der Waals surface area contributed by atoms with Crippen LogP contribution in [0.1, 0.15) is 58.4 Å². The van der Waals surface area contributed by atoms with E-state index in [0.29, 0.717) is 48.3 Å². The number of aromatic nitrogens is 3. The van der Waals surface area contributed by atoms with Crippen molar-refractivity contribution in [3.63, 3.8) is 0 Å². The number of benzene rings is 2. The number of carbonyl (C=O) groups is 1. The van der Waals surface area contributed by atoms with Crippen LogP contribution in [0, 0.1) is 21.0 Å². The van der Waals surface area contributed by atoms with Crippen LogP contribution in [0.15, 0.2) is 24.3 Å². The van der Waals surface area contributed by atoms with Gasteiger partial charge in [-0.2, -0.15) is 0 Å². The van der Waals surface area contributed by atoms with Crippen molar-refractivity contribution in [3.8, 4) is 38.3 Å². The van der Waals surface area contributed by atoms with Gasteiger partial charge in [0.15, 0.2) is 0 Å². The average Bonchev–Trinajstić information content (AvgIpc) is 3.78. The van der Waals surface area contributed by atoms with Crippen LogP contribution in [0.5, 0.6) is 17.6 Å². The number of ether oxygens (including phenoxy) is 5. The van der Waals surface area contributed by atoms with Crippen LogP contribution in [0.4, 0.5) is 23.8 Å². The molecule has 0 aliphatic carbocycles. The van der Waals surface area contributed by atoms with Crippen LogP contribution >= 0.6 is 0 Å². The summed E-state index contributed by atoms with van der Waals surface area (Å²) >= 11 is 0.263. The first kappa shape index (κ1) is 38.4. The van der Waals surface area contributed by atoms with E-state index < -0.39 is 41.1 Å². The number of pyridine rings is 1. The third-order valence-corrected chi connectivity index (χ3v) is 12.4. The number of amides is 1. The number of alkyl halides is 1. The van der Waals surface area contributed by atoms with E-state index >= 15 is 8.78 Å². The molecule has 296 valence electrons. The summed E-state index contributed by atoms with van der Waals surface area (Å²) in [6, 6.07) is 5.26. The molecule has 4 fully saturated rings. The molecule has 5 atom stereocenters. The Hall–Kier alpha value is -4.15. The molecule has 7 heterocycles. The Labute approximate surface area is 344 Å². The zero-order valence-electron chi connectivity index (χ0n) is 32.2. The Morgan fingerprint density at radius 1 is 1.09 bits per heavy atom. The Morgan fingerprint density at radius 2 is 1.93 bits per heavy atom. The molecule has 0 unspecified atom stereocenters. The summed E-state index contributed by atoms with van der Waals surface area (Å²) in [6.07, 6.45) is 2.11. The van der Waals surface area contributed by atoms with Gasteiger partial charge in [-0.25, -0.2) is 9.18 Å². The third-order valence-electron chi connectivity index (χ3n) is 11.8. The van der Waals surface area contributed by atoms with E-state index in [2.05, 4.69) is 19.2 Å². The van der Waals surface area contributed by atoms with Gasteiger partial charge in [-0.05, 0) is 53.0 Å². The summed E-state index contributed by atoms with van der Waals surface area (Å²) in [6.45, 7) is 7.17. The fourth-order valence-corrected chi connectivity index (χ4v) is 10.1. The van der Waals surface area contributed by atoms with Crippen molar-refractivity contribution < 1.29 is 41.7 Å². The van der Waals surface area contributed by atoms with Gasteiger partial charge in [0.25, 0.3) is 0 Å². The van der Waals surface area contributed by atoms with Crippen molar-refractivity contribution >= 4 is 59.4 Å². The van der Waals surface area contributed by atoms with Gasteiger partial charge in [0.1, 0.15) is 11.8 Å². The number of halogens is 3. The molecule has 9 rings (SSSR count).